The van der Waals surface area contributed by atoms with Crippen LogP contribution >= 0.6 is 0 Å². The van der Waals surface area contributed by atoms with Crippen LogP contribution in [0.2, 0.25) is 0 Å². The van der Waals surface area contributed by atoms with Crippen molar-refractivity contribution >= 4 is 0 Å². The smallest absolute Gasteiger partial charge is 0.0927 e. The molecule has 2 nitrogen and oxygen atoms in total. The Balaban J connectivity index is 2.17. The van der Waals surface area contributed by atoms with Gasteiger partial charge in [0, 0.05) is 24.9 Å². The Morgan fingerprint density at radius 3 is 2.73 bits per heavy atom. The van der Waals surface area contributed by atoms with Crippen molar-refractivity contribution in [2.24, 2.45) is 10.8 Å². The lowest BCUT2D eigenvalue weighted by molar-refractivity contribution is 0.131. The highest BCUT2D eigenvalue weighted by Gasteiger charge is 2.48. The van der Waals surface area contributed by atoms with E-state index in [0.717, 1.165) is 6.54 Å². The van der Waals surface area contributed by atoms with E-state index in [0.29, 0.717) is 16.9 Å². The lowest BCUT2D eigenvalue weighted by atomic mass is 9.65. The minimum atomic E-state index is 0.464. The van der Waals surface area contributed by atoms with Crippen LogP contribution in [0.15, 0.2) is 12.3 Å². The van der Waals surface area contributed by atoms with E-state index in [4.69, 9.17) is 5.26 Å². The first-order valence-corrected chi connectivity index (χ1v) is 5.76. The molecule has 1 saturated carbocycles. The zero-order chi connectivity index (χ0) is 11.1. The Morgan fingerprint density at radius 1 is 1.33 bits per heavy atom. The van der Waals surface area contributed by atoms with E-state index < -0.39 is 0 Å². The Bertz CT molecular complexity index is 324. The Kier molecular flexibility index (Phi) is 2.30. The van der Waals surface area contributed by atoms with Gasteiger partial charge in [-0.3, -0.25) is 0 Å². The summed E-state index contributed by atoms with van der Waals surface area (Å²) in [7, 11) is 0. The Hall–Kier alpha value is -0.970. The SMILES string of the molecule is CC1(C)C[C@@H]2C[C@@](C)(CN2/C=C/C#N)C1. The second-order valence-electron chi connectivity index (χ2n) is 6.33. The highest BCUT2D eigenvalue weighted by Crippen LogP contribution is 2.52. The molecular formula is C13H20N2. The van der Waals surface area contributed by atoms with Crippen molar-refractivity contribution in [2.75, 3.05) is 6.54 Å². The van der Waals surface area contributed by atoms with Crippen LogP contribution in [-0.4, -0.2) is 17.5 Å². The highest BCUT2D eigenvalue weighted by molar-refractivity contribution is 5.09. The largest absolute Gasteiger partial charge is 0.373 e. The zero-order valence-electron chi connectivity index (χ0n) is 9.95. The quantitative estimate of drug-likeness (QED) is 0.614. The van der Waals surface area contributed by atoms with E-state index in [1.807, 2.05) is 6.20 Å². The Morgan fingerprint density at radius 2 is 2.07 bits per heavy atom. The molecule has 2 aliphatic rings. The van der Waals surface area contributed by atoms with Gasteiger partial charge in [0.1, 0.15) is 0 Å². The van der Waals surface area contributed by atoms with Crippen molar-refractivity contribution < 1.29 is 0 Å². The predicted octanol–water partition coefficient (Wildman–Crippen LogP) is 2.92. The predicted molar refractivity (Wildman–Crippen MR) is 61.0 cm³/mol. The first-order valence-electron chi connectivity index (χ1n) is 5.76. The van der Waals surface area contributed by atoms with E-state index >= 15 is 0 Å². The van der Waals surface area contributed by atoms with Gasteiger partial charge in [-0.25, -0.2) is 0 Å². The van der Waals surface area contributed by atoms with E-state index in [2.05, 4.69) is 31.7 Å². The van der Waals surface area contributed by atoms with E-state index in [-0.39, 0.29) is 0 Å². The number of rotatable bonds is 1. The molecule has 0 amide bonds. The molecule has 0 aromatic heterocycles. The molecule has 1 aliphatic heterocycles. The van der Waals surface area contributed by atoms with E-state index in [9.17, 15) is 0 Å². The average molecular weight is 204 g/mol. The highest BCUT2D eigenvalue weighted by atomic mass is 15.2. The summed E-state index contributed by atoms with van der Waals surface area (Å²) < 4.78 is 0. The second-order valence-corrected chi connectivity index (χ2v) is 6.33. The molecule has 2 heteroatoms. The van der Waals surface area contributed by atoms with Gasteiger partial charge in [0.05, 0.1) is 6.07 Å². The summed E-state index contributed by atoms with van der Waals surface area (Å²) in [5.41, 5.74) is 0.930. The van der Waals surface area contributed by atoms with Crippen molar-refractivity contribution in [3.63, 3.8) is 0 Å². The number of fused-ring (bicyclic) bond motifs is 2. The summed E-state index contributed by atoms with van der Waals surface area (Å²) >= 11 is 0. The molecule has 0 N–H and O–H groups in total. The first kappa shape index (κ1) is 10.5. The van der Waals surface area contributed by atoms with Crippen LogP contribution < -0.4 is 0 Å². The monoisotopic (exact) mass is 204 g/mol. The van der Waals surface area contributed by atoms with Gasteiger partial charge in [-0.1, -0.05) is 20.8 Å². The molecule has 0 spiro atoms. The minimum absolute atomic E-state index is 0.464. The number of likely N-dealkylation sites (tertiary alicyclic amines) is 1. The van der Waals surface area contributed by atoms with Gasteiger partial charge >= 0.3 is 0 Å². The number of nitrogens with zero attached hydrogens (tertiary/aromatic N) is 2. The molecule has 2 bridgehead atoms. The fourth-order valence-corrected chi connectivity index (χ4v) is 3.81. The summed E-state index contributed by atoms with van der Waals surface area (Å²) in [5, 5.41) is 8.57. The van der Waals surface area contributed by atoms with Crippen LogP contribution in [0.4, 0.5) is 0 Å². The maximum Gasteiger partial charge on any atom is 0.0927 e. The van der Waals surface area contributed by atoms with Gasteiger partial charge in [-0.2, -0.15) is 5.26 Å². The third-order valence-electron chi connectivity index (χ3n) is 3.80. The molecule has 2 atom stereocenters. The van der Waals surface area contributed by atoms with E-state index in [1.165, 1.54) is 19.3 Å². The topological polar surface area (TPSA) is 27.0 Å². The third kappa shape index (κ3) is 2.02. The molecule has 0 radical (unpaired) electrons. The average Bonchev–Trinajstić information content (AvgIpc) is 2.31. The summed E-state index contributed by atoms with van der Waals surface area (Å²) in [6, 6.07) is 2.74. The van der Waals surface area contributed by atoms with Crippen molar-refractivity contribution in [3.05, 3.63) is 12.3 Å². The van der Waals surface area contributed by atoms with Crippen molar-refractivity contribution in [2.45, 2.75) is 46.1 Å². The summed E-state index contributed by atoms with van der Waals surface area (Å²) in [6.07, 6.45) is 7.46. The molecule has 0 aromatic carbocycles. The molecule has 15 heavy (non-hydrogen) atoms. The maximum absolute atomic E-state index is 8.57. The molecular weight excluding hydrogens is 184 g/mol. The number of hydrogen-bond donors (Lipinski definition) is 0. The first-order chi connectivity index (χ1) is 6.94. The van der Waals surface area contributed by atoms with Gasteiger partial charge in [0.2, 0.25) is 0 Å². The van der Waals surface area contributed by atoms with Gasteiger partial charge in [0.15, 0.2) is 0 Å². The van der Waals surface area contributed by atoms with Gasteiger partial charge in [0.25, 0.3) is 0 Å². The van der Waals surface area contributed by atoms with Crippen molar-refractivity contribution in [1.29, 1.82) is 5.26 Å². The fraction of sp³-hybridized carbons (Fsp3) is 0.769. The molecule has 1 heterocycles. The van der Waals surface area contributed by atoms with Crippen LogP contribution in [0.1, 0.15) is 40.0 Å². The Labute approximate surface area is 92.6 Å². The van der Waals surface area contributed by atoms with Gasteiger partial charge in [-0.05, 0) is 30.1 Å². The molecule has 1 aliphatic carbocycles. The maximum atomic E-state index is 8.57. The minimum Gasteiger partial charge on any atom is -0.373 e. The normalized spacial score (nSPS) is 38.3. The molecule has 0 aromatic rings. The van der Waals surface area contributed by atoms with Gasteiger partial charge in [-0.15, -0.1) is 0 Å². The van der Waals surface area contributed by atoms with Crippen LogP contribution in [0.25, 0.3) is 0 Å². The molecule has 1 saturated heterocycles. The van der Waals surface area contributed by atoms with Crippen LogP contribution in [-0.2, 0) is 0 Å². The zero-order valence-corrected chi connectivity index (χ0v) is 9.95. The second kappa shape index (κ2) is 3.27. The van der Waals surface area contributed by atoms with Crippen molar-refractivity contribution in [3.8, 4) is 6.07 Å². The number of hydrogen-bond acceptors (Lipinski definition) is 2. The summed E-state index contributed by atoms with van der Waals surface area (Å²) in [5.74, 6) is 0. The van der Waals surface area contributed by atoms with E-state index in [1.54, 1.807) is 6.08 Å². The van der Waals surface area contributed by atoms with Crippen LogP contribution in [0.3, 0.4) is 0 Å². The lowest BCUT2D eigenvalue weighted by Gasteiger charge is -2.39. The molecule has 82 valence electrons. The number of allylic oxidation sites excluding steroid dienone is 1. The van der Waals surface area contributed by atoms with Crippen LogP contribution in [0.5, 0.6) is 0 Å². The van der Waals surface area contributed by atoms with Crippen LogP contribution in [0, 0.1) is 22.2 Å². The van der Waals surface area contributed by atoms with Gasteiger partial charge < -0.3 is 4.90 Å². The standard InChI is InChI=1S/C13H20N2/c1-12(2)7-11-8-13(3,9-12)10-15(11)6-4-5-14/h4,6,11H,7-10H2,1-3H3/b6-4+/t11-,13-/m1/s1. The fourth-order valence-electron chi connectivity index (χ4n) is 3.81. The third-order valence-corrected chi connectivity index (χ3v) is 3.80. The molecule has 2 fully saturated rings. The summed E-state index contributed by atoms with van der Waals surface area (Å²) in [4.78, 5) is 2.37. The molecule has 0 unspecified atom stereocenters. The number of nitriles is 1. The lowest BCUT2D eigenvalue weighted by Crippen LogP contribution is -2.33. The summed E-state index contributed by atoms with van der Waals surface area (Å²) in [6.45, 7) is 8.25. The molecule has 2 rings (SSSR count). The van der Waals surface area contributed by atoms with Crippen molar-refractivity contribution in [1.82, 2.24) is 4.90 Å².